The van der Waals surface area contributed by atoms with Gasteiger partial charge in [0.2, 0.25) is 5.91 Å². The van der Waals surface area contributed by atoms with E-state index >= 15 is 0 Å². The molecule has 98 valence electrons. The third-order valence-corrected chi connectivity index (χ3v) is 3.72. The maximum absolute atomic E-state index is 13.7. The van der Waals surface area contributed by atoms with Gasteiger partial charge in [0.15, 0.2) is 0 Å². The lowest BCUT2D eigenvalue weighted by Crippen LogP contribution is -2.32. The summed E-state index contributed by atoms with van der Waals surface area (Å²) in [5.41, 5.74) is 0.549. The van der Waals surface area contributed by atoms with Gasteiger partial charge in [0.25, 0.3) is 0 Å². The van der Waals surface area contributed by atoms with E-state index in [1.807, 2.05) is 6.26 Å². The average molecular weight is 268 g/mol. The minimum atomic E-state index is -0.319. The number of carbonyl (C=O) groups excluding carboxylic acids is 1. The van der Waals surface area contributed by atoms with Crippen molar-refractivity contribution in [3.05, 3.63) is 35.6 Å². The number of nitrogens with zero attached hydrogens (tertiary/aromatic N) is 1. The number of rotatable bonds is 5. The second-order valence-corrected chi connectivity index (χ2v) is 5.22. The molecule has 0 radical (unpaired) electrons. The fourth-order valence-electron chi connectivity index (χ4n) is 2.15. The van der Waals surface area contributed by atoms with E-state index in [4.69, 9.17) is 0 Å². The largest absolute Gasteiger partial charge is 0.322 e. The van der Waals surface area contributed by atoms with Crippen molar-refractivity contribution in [2.24, 2.45) is 0 Å². The highest BCUT2D eigenvalue weighted by Gasteiger charge is 2.32. The van der Waals surface area contributed by atoms with Crippen molar-refractivity contribution in [1.29, 1.82) is 0 Å². The van der Waals surface area contributed by atoms with Gasteiger partial charge in [-0.2, -0.15) is 11.8 Å². The van der Waals surface area contributed by atoms with E-state index < -0.39 is 0 Å². The minimum Gasteiger partial charge on any atom is -0.322 e. The smallest absolute Gasteiger partial charge is 0.238 e. The van der Waals surface area contributed by atoms with Gasteiger partial charge in [-0.25, -0.2) is 4.39 Å². The maximum Gasteiger partial charge on any atom is 0.238 e. The van der Waals surface area contributed by atoms with Crippen LogP contribution in [0.4, 0.5) is 4.39 Å². The molecule has 0 aromatic heterocycles. The van der Waals surface area contributed by atoms with Crippen molar-refractivity contribution >= 4 is 17.7 Å². The van der Waals surface area contributed by atoms with Crippen LogP contribution in [-0.4, -0.2) is 35.9 Å². The molecule has 1 aromatic carbocycles. The summed E-state index contributed by atoms with van der Waals surface area (Å²) in [4.78, 5) is 13.5. The van der Waals surface area contributed by atoms with Crippen LogP contribution in [-0.2, 0) is 4.79 Å². The van der Waals surface area contributed by atoms with Crippen LogP contribution in [0.2, 0.25) is 0 Å². The summed E-state index contributed by atoms with van der Waals surface area (Å²) in [6.07, 6.45) is 2.65. The van der Waals surface area contributed by atoms with E-state index in [-0.39, 0.29) is 24.4 Å². The predicted molar refractivity (Wildman–Crippen MR) is 71.9 cm³/mol. The molecule has 1 unspecified atom stereocenters. The van der Waals surface area contributed by atoms with Crippen molar-refractivity contribution in [2.75, 3.05) is 25.1 Å². The summed E-state index contributed by atoms with van der Waals surface area (Å²) >= 11 is 1.75. The first-order chi connectivity index (χ1) is 8.74. The molecule has 3 nitrogen and oxygen atoms in total. The number of amides is 1. The van der Waals surface area contributed by atoms with Crippen molar-refractivity contribution in [3.63, 3.8) is 0 Å². The van der Waals surface area contributed by atoms with Gasteiger partial charge in [0.05, 0.1) is 6.54 Å². The van der Waals surface area contributed by atoms with E-state index in [2.05, 4.69) is 5.32 Å². The summed E-state index contributed by atoms with van der Waals surface area (Å²) in [7, 11) is 0. The van der Waals surface area contributed by atoms with Crippen LogP contribution in [0.15, 0.2) is 24.3 Å². The number of hydrogen-bond acceptors (Lipinski definition) is 3. The Morgan fingerprint density at radius 1 is 1.50 bits per heavy atom. The first-order valence-corrected chi connectivity index (χ1v) is 7.39. The van der Waals surface area contributed by atoms with Crippen LogP contribution in [0.25, 0.3) is 0 Å². The molecule has 1 atom stereocenters. The van der Waals surface area contributed by atoms with Crippen LogP contribution in [0, 0.1) is 5.82 Å². The Morgan fingerprint density at radius 3 is 3.00 bits per heavy atom. The maximum atomic E-state index is 13.7. The Bertz CT molecular complexity index is 427. The number of carbonyl (C=O) groups is 1. The van der Waals surface area contributed by atoms with Gasteiger partial charge in [0, 0.05) is 12.1 Å². The molecular formula is C13H17FN2OS. The first kappa shape index (κ1) is 13.4. The molecule has 2 rings (SSSR count). The zero-order valence-corrected chi connectivity index (χ0v) is 11.2. The van der Waals surface area contributed by atoms with Crippen LogP contribution < -0.4 is 5.32 Å². The number of benzene rings is 1. The molecule has 1 amide bonds. The first-order valence-electron chi connectivity index (χ1n) is 6.00. The Kier molecular flexibility index (Phi) is 4.60. The number of halogens is 1. The number of thioether (sulfide) groups is 1. The van der Waals surface area contributed by atoms with Crippen molar-refractivity contribution in [3.8, 4) is 0 Å². The van der Waals surface area contributed by atoms with Crippen molar-refractivity contribution < 1.29 is 9.18 Å². The zero-order chi connectivity index (χ0) is 13.0. The van der Waals surface area contributed by atoms with Crippen LogP contribution in [0.5, 0.6) is 0 Å². The molecule has 1 aromatic rings. The molecule has 1 N–H and O–H groups in total. The Labute approximate surface area is 111 Å². The van der Waals surface area contributed by atoms with Crippen LogP contribution >= 0.6 is 11.8 Å². The Hall–Kier alpha value is -1.07. The lowest BCUT2D eigenvalue weighted by molar-refractivity contribution is -0.128. The molecule has 1 aliphatic rings. The quantitative estimate of drug-likeness (QED) is 0.829. The Balaban J connectivity index is 2.11. The second kappa shape index (κ2) is 6.20. The molecule has 1 fully saturated rings. The Morgan fingerprint density at radius 2 is 2.28 bits per heavy atom. The van der Waals surface area contributed by atoms with Gasteiger partial charge in [0.1, 0.15) is 12.0 Å². The van der Waals surface area contributed by atoms with Gasteiger partial charge in [-0.05, 0) is 24.5 Å². The third-order valence-electron chi connectivity index (χ3n) is 3.03. The molecule has 1 aliphatic heterocycles. The molecule has 0 saturated carbocycles. The lowest BCUT2D eigenvalue weighted by atomic mass is 10.1. The molecular weight excluding hydrogens is 251 g/mol. The standard InChI is InChI=1S/C13H17FN2OS/c1-18-8-4-7-16-12(17)9-15-13(16)10-5-2-3-6-11(10)14/h2-3,5-6,13,15H,4,7-9H2,1H3. The second-order valence-electron chi connectivity index (χ2n) is 4.24. The van der Waals surface area contributed by atoms with E-state index in [9.17, 15) is 9.18 Å². The fraction of sp³-hybridized carbons (Fsp3) is 0.462. The normalized spacial score (nSPS) is 19.6. The molecule has 0 aliphatic carbocycles. The molecule has 1 heterocycles. The van der Waals surface area contributed by atoms with Gasteiger partial charge in [-0.1, -0.05) is 18.2 Å². The van der Waals surface area contributed by atoms with E-state index in [1.165, 1.54) is 6.07 Å². The van der Waals surface area contributed by atoms with Gasteiger partial charge >= 0.3 is 0 Å². The van der Waals surface area contributed by atoms with Crippen LogP contribution in [0.3, 0.4) is 0 Å². The predicted octanol–water partition coefficient (Wildman–Crippen LogP) is 2.01. The summed E-state index contributed by atoms with van der Waals surface area (Å²) in [6, 6.07) is 6.61. The van der Waals surface area contributed by atoms with Crippen LogP contribution in [0.1, 0.15) is 18.2 Å². The molecule has 18 heavy (non-hydrogen) atoms. The number of hydrogen-bond donors (Lipinski definition) is 1. The summed E-state index contributed by atoms with van der Waals surface area (Å²) < 4.78 is 13.7. The van der Waals surface area contributed by atoms with Crippen molar-refractivity contribution in [2.45, 2.75) is 12.6 Å². The minimum absolute atomic E-state index is 0.0457. The van der Waals surface area contributed by atoms with Gasteiger partial charge in [-0.15, -0.1) is 0 Å². The summed E-state index contributed by atoms with van der Waals surface area (Å²) in [5.74, 6) is 0.789. The molecule has 0 bridgehead atoms. The summed E-state index contributed by atoms with van der Waals surface area (Å²) in [5, 5.41) is 3.07. The average Bonchev–Trinajstić information content (AvgIpc) is 2.72. The SMILES string of the molecule is CSCCCN1C(=O)CNC1c1ccccc1F. The highest BCUT2D eigenvalue weighted by molar-refractivity contribution is 7.98. The summed E-state index contributed by atoms with van der Waals surface area (Å²) in [6.45, 7) is 0.962. The highest BCUT2D eigenvalue weighted by Crippen LogP contribution is 2.24. The molecule has 5 heteroatoms. The third kappa shape index (κ3) is 2.84. The zero-order valence-electron chi connectivity index (χ0n) is 10.4. The van der Waals surface area contributed by atoms with Gasteiger partial charge in [-0.3, -0.25) is 10.1 Å². The number of nitrogens with one attached hydrogen (secondary N) is 1. The van der Waals surface area contributed by atoms with Gasteiger partial charge < -0.3 is 4.90 Å². The van der Waals surface area contributed by atoms with E-state index in [0.29, 0.717) is 12.1 Å². The van der Waals surface area contributed by atoms with E-state index in [0.717, 1.165) is 12.2 Å². The monoisotopic (exact) mass is 268 g/mol. The topological polar surface area (TPSA) is 32.3 Å². The fourth-order valence-corrected chi connectivity index (χ4v) is 2.57. The lowest BCUT2D eigenvalue weighted by Gasteiger charge is -2.24. The highest BCUT2D eigenvalue weighted by atomic mass is 32.2. The van der Waals surface area contributed by atoms with Crippen molar-refractivity contribution in [1.82, 2.24) is 10.2 Å². The molecule has 0 spiro atoms. The van der Waals surface area contributed by atoms with E-state index in [1.54, 1.807) is 34.9 Å². The molecule has 1 saturated heterocycles.